The number of aromatic hydroxyl groups is 1. The predicted molar refractivity (Wildman–Crippen MR) is 126 cm³/mol. The van der Waals surface area contributed by atoms with Crippen molar-refractivity contribution in [1.29, 1.82) is 0 Å². The van der Waals surface area contributed by atoms with Gasteiger partial charge in [0.2, 0.25) is 0 Å². The minimum absolute atomic E-state index is 0.00323. The first kappa shape index (κ1) is 23.0. The fourth-order valence-corrected chi connectivity index (χ4v) is 4.45. The molecule has 1 fully saturated rings. The molecule has 2 aromatic rings. The van der Waals surface area contributed by atoms with Crippen molar-refractivity contribution in [3.63, 3.8) is 0 Å². The SMILES string of the molecule is C=CCN1C[C@@H](C)N([C@@H](c2ccc(C(=O)N(C)CC)cc2)c2cccc(O)c2)C[C@H]1C. The normalized spacial score (nSPS) is 20.9. The van der Waals surface area contributed by atoms with E-state index in [1.807, 2.05) is 44.3 Å². The van der Waals surface area contributed by atoms with Crippen LogP contribution in [-0.2, 0) is 0 Å². The molecular formula is C26H35N3O2. The first-order valence-electron chi connectivity index (χ1n) is 11.1. The van der Waals surface area contributed by atoms with Crippen molar-refractivity contribution in [1.82, 2.24) is 14.7 Å². The summed E-state index contributed by atoms with van der Waals surface area (Å²) in [7, 11) is 1.82. The zero-order chi connectivity index (χ0) is 22.5. The number of piperazine rings is 1. The highest BCUT2D eigenvalue weighted by Gasteiger charge is 2.34. The van der Waals surface area contributed by atoms with Crippen LogP contribution in [0.15, 0.2) is 61.2 Å². The second-order valence-corrected chi connectivity index (χ2v) is 8.58. The highest BCUT2D eigenvalue weighted by Crippen LogP contribution is 2.34. The summed E-state index contributed by atoms with van der Waals surface area (Å²) in [5.74, 6) is 0.299. The number of hydrogen-bond donors (Lipinski definition) is 1. The molecule has 3 atom stereocenters. The maximum atomic E-state index is 12.5. The van der Waals surface area contributed by atoms with Gasteiger partial charge in [-0.15, -0.1) is 6.58 Å². The topological polar surface area (TPSA) is 47.0 Å². The molecule has 5 nitrogen and oxygen atoms in total. The number of hydrogen-bond acceptors (Lipinski definition) is 4. The molecule has 1 N–H and O–H groups in total. The average Bonchev–Trinajstić information content (AvgIpc) is 2.77. The van der Waals surface area contributed by atoms with Gasteiger partial charge in [0.15, 0.2) is 0 Å². The third-order valence-electron chi connectivity index (χ3n) is 6.34. The standard InChI is InChI=1S/C26H35N3O2/c1-6-15-28-17-20(4)29(18-19(28)3)25(23-9-8-10-24(30)16-23)21-11-13-22(14-12-21)26(31)27(5)7-2/h6,8-14,16,19-20,25,30H,1,7,15,17-18H2,2-5H3/t19-,20-,25+/m1/s1. The lowest BCUT2D eigenvalue weighted by Crippen LogP contribution is -2.57. The number of nitrogens with zero attached hydrogens (tertiary/aromatic N) is 3. The van der Waals surface area contributed by atoms with E-state index in [0.717, 1.165) is 30.8 Å². The molecule has 166 valence electrons. The van der Waals surface area contributed by atoms with E-state index in [-0.39, 0.29) is 17.7 Å². The van der Waals surface area contributed by atoms with Gasteiger partial charge in [0, 0.05) is 50.9 Å². The van der Waals surface area contributed by atoms with Crippen LogP contribution in [0.4, 0.5) is 0 Å². The smallest absolute Gasteiger partial charge is 0.253 e. The minimum Gasteiger partial charge on any atom is -0.508 e. The second kappa shape index (κ2) is 10.1. The average molecular weight is 422 g/mol. The number of amides is 1. The molecular weight excluding hydrogens is 386 g/mol. The van der Waals surface area contributed by atoms with Gasteiger partial charge in [-0.05, 0) is 56.2 Å². The van der Waals surface area contributed by atoms with E-state index in [9.17, 15) is 9.90 Å². The summed E-state index contributed by atoms with van der Waals surface area (Å²) in [6, 6.07) is 16.2. The predicted octanol–water partition coefficient (Wildman–Crippen LogP) is 4.15. The fourth-order valence-electron chi connectivity index (χ4n) is 4.45. The summed E-state index contributed by atoms with van der Waals surface area (Å²) < 4.78 is 0. The molecule has 0 radical (unpaired) electrons. The molecule has 0 aromatic heterocycles. The molecule has 2 aromatic carbocycles. The molecule has 0 unspecified atom stereocenters. The third kappa shape index (κ3) is 5.17. The van der Waals surface area contributed by atoms with Crippen molar-refractivity contribution in [2.45, 2.75) is 38.9 Å². The fraction of sp³-hybridized carbons (Fsp3) is 0.423. The molecule has 3 rings (SSSR count). The molecule has 5 heteroatoms. The quantitative estimate of drug-likeness (QED) is 0.682. The van der Waals surface area contributed by atoms with Gasteiger partial charge < -0.3 is 10.0 Å². The van der Waals surface area contributed by atoms with Gasteiger partial charge in [-0.1, -0.05) is 30.3 Å². The van der Waals surface area contributed by atoms with Crippen LogP contribution in [0.5, 0.6) is 5.75 Å². The van der Waals surface area contributed by atoms with Crippen molar-refractivity contribution in [2.24, 2.45) is 0 Å². The van der Waals surface area contributed by atoms with E-state index in [1.165, 1.54) is 0 Å². The molecule has 1 aliphatic rings. The van der Waals surface area contributed by atoms with Crippen LogP contribution in [0, 0.1) is 0 Å². The number of benzene rings is 2. The zero-order valence-corrected chi connectivity index (χ0v) is 19.2. The van der Waals surface area contributed by atoms with E-state index in [4.69, 9.17) is 0 Å². The minimum atomic E-state index is 0.00323. The number of phenols is 1. The van der Waals surface area contributed by atoms with Gasteiger partial charge >= 0.3 is 0 Å². The maximum Gasteiger partial charge on any atom is 0.253 e. The number of carbonyl (C=O) groups excluding carboxylic acids is 1. The molecule has 0 bridgehead atoms. The van der Waals surface area contributed by atoms with Crippen LogP contribution in [0.25, 0.3) is 0 Å². The number of rotatable bonds is 7. The van der Waals surface area contributed by atoms with Crippen molar-refractivity contribution >= 4 is 5.91 Å². The van der Waals surface area contributed by atoms with Gasteiger partial charge in [-0.3, -0.25) is 14.6 Å². The molecule has 1 aliphatic heterocycles. The molecule has 31 heavy (non-hydrogen) atoms. The van der Waals surface area contributed by atoms with Crippen LogP contribution >= 0.6 is 0 Å². The van der Waals surface area contributed by atoms with Gasteiger partial charge in [-0.25, -0.2) is 0 Å². The van der Waals surface area contributed by atoms with Gasteiger partial charge in [-0.2, -0.15) is 0 Å². The lowest BCUT2D eigenvalue weighted by molar-refractivity contribution is 0.0306. The molecule has 0 spiro atoms. The Morgan fingerprint density at radius 3 is 2.48 bits per heavy atom. The Morgan fingerprint density at radius 2 is 1.87 bits per heavy atom. The molecule has 0 saturated carbocycles. The van der Waals surface area contributed by atoms with Crippen molar-refractivity contribution < 1.29 is 9.90 Å². The summed E-state index contributed by atoms with van der Waals surface area (Å²) >= 11 is 0. The Kier molecular flexibility index (Phi) is 7.52. The van der Waals surface area contributed by atoms with E-state index in [1.54, 1.807) is 11.0 Å². The van der Waals surface area contributed by atoms with Crippen molar-refractivity contribution in [2.75, 3.05) is 33.2 Å². The van der Waals surface area contributed by atoms with E-state index < -0.39 is 0 Å². The Bertz CT molecular complexity index is 896. The van der Waals surface area contributed by atoms with E-state index in [2.05, 4.69) is 48.4 Å². The van der Waals surface area contributed by atoms with Crippen LogP contribution in [0.3, 0.4) is 0 Å². The zero-order valence-electron chi connectivity index (χ0n) is 19.2. The van der Waals surface area contributed by atoms with Gasteiger partial charge in [0.05, 0.1) is 6.04 Å². The van der Waals surface area contributed by atoms with E-state index in [0.29, 0.717) is 24.2 Å². The second-order valence-electron chi connectivity index (χ2n) is 8.58. The summed E-state index contributed by atoms with van der Waals surface area (Å²) in [6.07, 6.45) is 1.97. The lowest BCUT2D eigenvalue weighted by atomic mass is 9.92. The van der Waals surface area contributed by atoms with E-state index >= 15 is 0 Å². The summed E-state index contributed by atoms with van der Waals surface area (Å²) in [5, 5.41) is 10.2. The lowest BCUT2D eigenvalue weighted by Gasteiger charge is -2.47. The monoisotopic (exact) mass is 421 g/mol. The van der Waals surface area contributed by atoms with Crippen molar-refractivity contribution in [3.8, 4) is 5.75 Å². The van der Waals surface area contributed by atoms with Gasteiger partial charge in [0.1, 0.15) is 5.75 Å². The van der Waals surface area contributed by atoms with Crippen LogP contribution in [0.1, 0.15) is 48.3 Å². The Hall–Kier alpha value is -2.63. The molecule has 1 heterocycles. The maximum absolute atomic E-state index is 12.5. The molecule has 1 saturated heterocycles. The number of phenolic OH excluding ortho intramolecular Hbond substituents is 1. The highest BCUT2D eigenvalue weighted by molar-refractivity contribution is 5.94. The molecule has 1 amide bonds. The molecule has 0 aliphatic carbocycles. The number of carbonyl (C=O) groups is 1. The van der Waals surface area contributed by atoms with Crippen molar-refractivity contribution in [3.05, 3.63) is 77.9 Å². The Balaban J connectivity index is 1.96. The summed E-state index contributed by atoms with van der Waals surface area (Å²) in [5.41, 5.74) is 2.87. The first-order chi connectivity index (χ1) is 14.8. The first-order valence-corrected chi connectivity index (χ1v) is 11.1. The Morgan fingerprint density at radius 1 is 1.16 bits per heavy atom. The third-order valence-corrected chi connectivity index (χ3v) is 6.34. The van der Waals surface area contributed by atoms with Crippen LogP contribution in [-0.4, -0.2) is 71.0 Å². The largest absolute Gasteiger partial charge is 0.508 e. The summed E-state index contributed by atoms with van der Waals surface area (Å²) in [4.78, 5) is 19.2. The van der Waals surface area contributed by atoms with Gasteiger partial charge in [0.25, 0.3) is 5.91 Å². The van der Waals surface area contributed by atoms with Crippen LogP contribution in [0.2, 0.25) is 0 Å². The Labute approximate surface area is 186 Å². The highest BCUT2D eigenvalue weighted by atomic mass is 16.3. The van der Waals surface area contributed by atoms with Crippen LogP contribution < -0.4 is 0 Å². The summed E-state index contributed by atoms with van der Waals surface area (Å²) in [6.45, 7) is 13.8.